The van der Waals surface area contributed by atoms with E-state index < -0.39 is 0 Å². The number of carbonyl (C=O) groups excluding carboxylic acids is 1. The number of thiophene rings is 1. The van der Waals surface area contributed by atoms with Crippen LogP contribution in [0.2, 0.25) is 0 Å². The molecular weight excluding hydrogens is 192 g/mol. The normalized spacial score (nSPS) is 18.4. The van der Waals surface area contributed by atoms with Gasteiger partial charge < -0.3 is 0 Å². The predicted molar refractivity (Wildman–Crippen MR) is 60.0 cm³/mol. The monoisotopic (exact) mass is 208 g/mol. The zero-order valence-corrected chi connectivity index (χ0v) is 9.40. The second-order valence-corrected chi connectivity index (χ2v) is 5.26. The van der Waals surface area contributed by atoms with Crippen LogP contribution in [0, 0.1) is 12.8 Å². The molecule has 1 aliphatic rings. The molecule has 0 aromatic carbocycles. The van der Waals surface area contributed by atoms with Crippen LogP contribution in [-0.2, 0) is 0 Å². The Kier molecular flexibility index (Phi) is 3.02. The summed E-state index contributed by atoms with van der Waals surface area (Å²) in [7, 11) is 0. The lowest BCUT2D eigenvalue weighted by molar-refractivity contribution is 0.0890. The van der Waals surface area contributed by atoms with E-state index in [4.69, 9.17) is 0 Å². The van der Waals surface area contributed by atoms with Crippen LogP contribution >= 0.6 is 11.3 Å². The number of aryl methyl sites for hydroxylation is 1. The minimum absolute atomic E-state index is 0.317. The minimum Gasteiger partial charge on any atom is -0.294 e. The maximum Gasteiger partial charge on any atom is 0.166 e. The molecule has 1 fully saturated rings. The Bertz CT molecular complexity index is 321. The van der Waals surface area contributed by atoms with E-state index in [0.29, 0.717) is 11.7 Å². The van der Waals surface area contributed by atoms with Gasteiger partial charge in [-0.1, -0.05) is 19.3 Å². The van der Waals surface area contributed by atoms with Crippen molar-refractivity contribution < 1.29 is 4.79 Å². The highest BCUT2D eigenvalue weighted by molar-refractivity contribution is 7.10. The van der Waals surface area contributed by atoms with Gasteiger partial charge in [-0.2, -0.15) is 0 Å². The Morgan fingerprint density at radius 2 is 2.07 bits per heavy atom. The molecule has 1 aromatic rings. The van der Waals surface area contributed by atoms with E-state index in [1.54, 1.807) is 11.3 Å². The molecule has 0 unspecified atom stereocenters. The molecule has 1 nitrogen and oxygen atoms in total. The number of hydrogen-bond donors (Lipinski definition) is 0. The number of carbonyl (C=O) groups is 1. The summed E-state index contributed by atoms with van der Waals surface area (Å²) in [6, 6.07) is 2.03. The minimum atomic E-state index is 0.317. The van der Waals surface area contributed by atoms with Crippen molar-refractivity contribution in [3.63, 3.8) is 0 Å². The molecule has 76 valence electrons. The van der Waals surface area contributed by atoms with Gasteiger partial charge >= 0.3 is 0 Å². The molecular formula is C12H16OS. The van der Waals surface area contributed by atoms with Crippen LogP contribution < -0.4 is 0 Å². The van der Waals surface area contributed by atoms with Crippen molar-refractivity contribution in [3.05, 3.63) is 21.9 Å². The summed E-state index contributed by atoms with van der Waals surface area (Å²) in [6.45, 7) is 2.06. The Morgan fingerprint density at radius 1 is 1.36 bits per heavy atom. The summed E-state index contributed by atoms with van der Waals surface area (Å²) in [5.74, 6) is 0.701. The van der Waals surface area contributed by atoms with Crippen molar-refractivity contribution in [2.24, 2.45) is 5.92 Å². The SMILES string of the molecule is Cc1cc(C(=O)C2CCCCC2)cs1. The predicted octanol–water partition coefficient (Wildman–Crippen LogP) is 3.82. The molecule has 14 heavy (non-hydrogen) atoms. The highest BCUT2D eigenvalue weighted by Crippen LogP contribution is 2.28. The fourth-order valence-corrected chi connectivity index (χ4v) is 2.87. The summed E-state index contributed by atoms with van der Waals surface area (Å²) in [6.07, 6.45) is 5.99. The maximum atomic E-state index is 12.0. The molecule has 0 radical (unpaired) electrons. The molecule has 1 saturated carbocycles. The van der Waals surface area contributed by atoms with Crippen LogP contribution in [0.4, 0.5) is 0 Å². The van der Waals surface area contributed by atoms with Crippen molar-refractivity contribution in [1.82, 2.24) is 0 Å². The molecule has 0 N–H and O–H groups in total. The first kappa shape index (κ1) is 9.91. The maximum absolute atomic E-state index is 12.0. The van der Waals surface area contributed by atoms with Crippen molar-refractivity contribution in [2.75, 3.05) is 0 Å². The lowest BCUT2D eigenvalue weighted by Gasteiger charge is -2.19. The van der Waals surface area contributed by atoms with Gasteiger partial charge in [-0.25, -0.2) is 0 Å². The van der Waals surface area contributed by atoms with E-state index in [9.17, 15) is 4.79 Å². The van der Waals surface area contributed by atoms with E-state index in [1.807, 2.05) is 11.4 Å². The number of rotatable bonds is 2. The average molecular weight is 208 g/mol. The van der Waals surface area contributed by atoms with Gasteiger partial charge in [-0.15, -0.1) is 11.3 Å². The van der Waals surface area contributed by atoms with E-state index >= 15 is 0 Å². The van der Waals surface area contributed by atoms with E-state index in [-0.39, 0.29) is 0 Å². The standard InChI is InChI=1S/C12H16OS/c1-9-7-11(8-14-9)12(13)10-5-3-2-4-6-10/h7-8,10H,2-6H2,1H3. The van der Waals surface area contributed by atoms with E-state index in [1.165, 1.54) is 24.1 Å². The highest BCUT2D eigenvalue weighted by atomic mass is 32.1. The van der Waals surface area contributed by atoms with Crippen molar-refractivity contribution >= 4 is 17.1 Å². The van der Waals surface area contributed by atoms with E-state index in [2.05, 4.69) is 6.92 Å². The van der Waals surface area contributed by atoms with Crippen LogP contribution in [-0.4, -0.2) is 5.78 Å². The first-order chi connectivity index (χ1) is 6.77. The van der Waals surface area contributed by atoms with Gasteiger partial charge in [0.1, 0.15) is 0 Å². The Hall–Kier alpha value is -0.630. The zero-order valence-electron chi connectivity index (χ0n) is 8.58. The van der Waals surface area contributed by atoms with Gasteiger partial charge in [0, 0.05) is 21.7 Å². The molecule has 2 heteroatoms. The fraction of sp³-hybridized carbons (Fsp3) is 0.583. The summed E-state index contributed by atoms with van der Waals surface area (Å²) in [4.78, 5) is 13.3. The third kappa shape index (κ3) is 2.06. The topological polar surface area (TPSA) is 17.1 Å². The van der Waals surface area contributed by atoms with Crippen molar-refractivity contribution in [1.29, 1.82) is 0 Å². The van der Waals surface area contributed by atoms with Crippen LogP contribution in [0.3, 0.4) is 0 Å². The van der Waals surface area contributed by atoms with Gasteiger partial charge in [0.25, 0.3) is 0 Å². The van der Waals surface area contributed by atoms with Crippen LogP contribution in [0.15, 0.2) is 11.4 Å². The first-order valence-electron chi connectivity index (χ1n) is 5.37. The number of Topliss-reactive ketones (excluding diaryl/α,β-unsaturated/α-hetero) is 1. The highest BCUT2D eigenvalue weighted by Gasteiger charge is 2.22. The molecule has 1 heterocycles. The number of hydrogen-bond acceptors (Lipinski definition) is 2. The van der Waals surface area contributed by atoms with Gasteiger partial charge in [0.15, 0.2) is 5.78 Å². The van der Waals surface area contributed by atoms with E-state index in [0.717, 1.165) is 18.4 Å². The van der Waals surface area contributed by atoms with Gasteiger partial charge in [-0.3, -0.25) is 4.79 Å². The molecule has 2 rings (SSSR count). The molecule has 0 atom stereocenters. The van der Waals surface area contributed by atoms with Gasteiger partial charge in [0.05, 0.1) is 0 Å². The first-order valence-corrected chi connectivity index (χ1v) is 6.24. The lowest BCUT2D eigenvalue weighted by atomic mass is 9.84. The molecule has 0 aliphatic heterocycles. The second kappa shape index (κ2) is 4.26. The summed E-state index contributed by atoms with van der Waals surface area (Å²) < 4.78 is 0. The Labute approximate surface area is 89.1 Å². The second-order valence-electron chi connectivity index (χ2n) is 4.15. The van der Waals surface area contributed by atoms with Crippen LogP contribution in [0.25, 0.3) is 0 Å². The smallest absolute Gasteiger partial charge is 0.166 e. The van der Waals surface area contributed by atoms with Gasteiger partial charge in [-0.05, 0) is 25.8 Å². The molecule has 0 spiro atoms. The van der Waals surface area contributed by atoms with Crippen molar-refractivity contribution in [2.45, 2.75) is 39.0 Å². The molecule has 1 aromatic heterocycles. The largest absolute Gasteiger partial charge is 0.294 e. The molecule has 1 aliphatic carbocycles. The zero-order chi connectivity index (χ0) is 9.97. The Balaban J connectivity index is 2.07. The van der Waals surface area contributed by atoms with Crippen molar-refractivity contribution in [3.8, 4) is 0 Å². The summed E-state index contributed by atoms with van der Waals surface area (Å²) in [5, 5.41) is 2.01. The summed E-state index contributed by atoms with van der Waals surface area (Å²) >= 11 is 1.68. The quantitative estimate of drug-likeness (QED) is 0.675. The number of ketones is 1. The van der Waals surface area contributed by atoms with Crippen LogP contribution in [0.5, 0.6) is 0 Å². The average Bonchev–Trinajstić information content (AvgIpc) is 2.65. The molecule has 0 saturated heterocycles. The van der Waals surface area contributed by atoms with Gasteiger partial charge in [0.2, 0.25) is 0 Å². The lowest BCUT2D eigenvalue weighted by Crippen LogP contribution is -2.17. The Morgan fingerprint density at radius 3 is 2.64 bits per heavy atom. The molecule has 0 bridgehead atoms. The third-order valence-electron chi connectivity index (χ3n) is 2.99. The van der Waals surface area contributed by atoms with Crippen LogP contribution in [0.1, 0.15) is 47.3 Å². The third-order valence-corrected chi connectivity index (χ3v) is 3.85. The molecule has 0 amide bonds. The summed E-state index contributed by atoms with van der Waals surface area (Å²) in [5.41, 5.74) is 0.944. The fourth-order valence-electron chi connectivity index (χ4n) is 2.17.